The molecule has 0 saturated heterocycles. The molecule has 0 unspecified atom stereocenters. The Bertz CT molecular complexity index is 641. The molecule has 2 aromatic rings. The van der Waals surface area contributed by atoms with E-state index in [1.807, 2.05) is 67.6 Å². The highest BCUT2D eigenvalue weighted by atomic mass is 16.2. The largest absolute Gasteiger partial charge is 0.347 e. The quantitative estimate of drug-likeness (QED) is 0.812. The zero-order valence-electron chi connectivity index (χ0n) is 14.1. The van der Waals surface area contributed by atoms with Crippen molar-refractivity contribution in [1.29, 1.82) is 0 Å². The van der Waals surface area contributed by atoms with Crippen LogP contribution >= 0.6 is 0 Å². The fourth-order valence-electron chi connectivity index (χ4n) is 2.46. The number of amides is 2. The fourth-order valence-corrected chi connectivity index (χ4v) is 2.46. The monoisotopic (exact) mass is 324 g/mol. The number of aryl methyl sites for hydroxylation is 1. The normalized spacial score (nSPS) is 10.2. The van der Waals surface area contributed by atoms with E-state index in [0.717, 1.165) is 11.1 Å². The summed E-state index contributed by atoms with van der Waals surface area (Å²) in [5.74, 6) is -0.155. The summed E-state index contributed by atoms with van der Waals surface area (Å²) in [5.41, 5.74) is 2.21. The molecule has 0 heterocycles. The van der Waals surface area contributed by atoms with Crippen molar-refractivity contribution < 1.29 is 9.59 Å². The Morgan fingerprint density at radius 2 is 1.50 bits per heavy atom. The van der Waals surface area contributed by atoms with Gasteiger partial charge in [0, 0.05) is 19.5 Å². The van der Waals surface area contributed by atoms with Crippen LogP contribution in [0, 0.1) is 0 Å². The summed E-state index contributed by atoms with van der Waals surface area (Å²) in [6, 6.07) is 19.7. The predicted octanol–water partition coefficient (Wildman–Crippen LogP) is 2.78. The van der Waals surface area contributed by atoms with Crippen LogP contribution in [-0.4, -0.2) is 29.8 Å². The van der Waals surface area contributed by atoms with Crippen LogP contribution in [0.25, 0.3) is 0 Å². The molecule has 4 heteroatoms. The Hall–Kier alpha value is -2.62. The molecule has 0 aliphatic heterocycles. The topological polar surface area (TPSA) is 49.4 Å². The number of hydrogen-bond acceptors (Lipinski definition) is 2. The van der Waals surface area contributed by atoms with Gasteiger partial charge in [-0.05, 0) is 24.5 Å². The summed E-state index contributed by atoms with van der Waals surface area (Å²) < 4.78 is 0. The van der Waals surface area contributed by atoms with Crippen molar-refractivity contribution in [3.63, 3.8) is 0 Å². The molecule has 2 amide bonds. The molecule has 0 spiro atoms. The Morgan fingerprint density at radius 3 is 2.08 bits per heavy atom. The number of nitrogens with zero attached hydrogens (tertiary/aromatic N) is 1. The maximum absolute atomic E-state index is 12.3. The van der Waals surface area contributed by atoms with Gasteiger partial charge in [-0.1, -0.05) is 60.7 Å². The lowest BCUT2D eigenvalue weighted by Gasteiger charge is -2.21. The van der Waals surface area contributed by atoms with Crippen LogP contribution < -0.4 is 5.32 Å². The van der Waals surface area contributed by atoms with E-state index in [1.165, 1.54) is 0 Å². The minimum Gasteiger partial charge on any atom is -0.347 e. The van der Waals surface area contributed by atoms with Crippen molar-refractivity contribution in [2.75, 3.05) is 13.1 Å². The summed E-state index contributed by atoms with van der Waals surface area (Å²) in [6.07, 6.45) is 1.07. The third-order valence-electron chi connectivity index (χ3n) is 3.87. The zero-order valence-corrected chi connectivity index (χ0v) is 14.1. The van der Waals surface area contributed by atoms with Crippen LogP contribution in [0.1, 0.15) is 24.5 Å². The first-order valence-corrected chi connectivity index (χ1v) is 8.31. The molecular weight excluding hydrogens is 300 g/mol. The third-order valence-corrected chi connectivity index (χ3v) is 3.87. The molecule has 0 fully saturated rings. The molecule has 2 aromatic carbocycles. The molecule has 0 aliphatic carbocycles. The average Bonchev–Trinajstić information content (AvgIpc) is 2.64. The van der Waals surface area contributed by atoms with E-state index in [9.17, 15) is 9.59 Å². The molecule has 0 bridgehead atoms. The zero-order chi connectivity index (χ0) is 17.2. The first-order chi connectivity index (χ1) is 11.7. The highest BCUT2D eigenvalue weighted by molar-refractivity contribution is 5.84. The molecule has 126 valence electrons. The van der Waals surface area contributed by atoms with Crippen molar-refractivity contribution in [1.82, 2.24) is 10.2 Å². The third kappa shape index (κ3) is 5.88. The van der Waals surface area contributed by atoms with Gasteiger partial charge in [0.2, 0.25) is 11.8 Å². The van der Waals surface area contributed by atoms with Gasteiger partial charge in [0.05, 0.1) is 6.54 Å². The lowest BCUT2D eigenvalue weighted by Crippen LogP contribution is -2.39. The van der Waals surface area contributed by atoms with Gasteiger partial charge in [-0.2, -0.15) is 0 Å². The van der Waals surface area contributed by atoms with Crippen molar-refractivity contribution in [3.05, 3.63) is 71.8 Å². The van der Waals surface area contributed by atoms with E-state index >= 15 is 0 Å². The Morgan fingerprint density at radius 1 is 0.917 bits per heavy atom. The van der Waals surface area contributed by atoms with Gasteiger partial charge in [-0.3, -0.25) is 9.59 Å². The van der Waals surface area contributed by atoms with Gasteiger partial charge >= 0.3 is 0 Å². The lowest BCUT2D eigenvalue weighted by molar-refractivity contribution is -0.133. The molecule has 0 aromatic heterocycles. The van der Waals surface area contributed by atoms with E-state index in [4.69, 9.17) is 0 Å². The smallest absolute Gasteiger partial charge is 0.242 e. The molecule has 24 heavy (non-hydrogen) atoms. The van der Waals surface area contributed by atoms with Crippen LogP contribution in [0.3, 0.4) is 0 Å². The first-order valence-electron chi connectivity index (χ1n) is 8.31. The highest BCUT2D eigenvalue weighted by Crippen LogP contribution is 2.05. The number of carbonyl (C=O) groups excluding carboxylic acids is 2. The summed E-state index contributed by atoms with van der Waals surface area (Å²) in [4.78, 5) is 25.9. The van der Waals surface area contributed by atoms with Crippen LogP contribution in [0.4, 0.5) is 0 Å². The predicted molar refractivity (Wildman–Crippen MR) is 95.3 cm³/mol. The van der Waals surface area contributed by atoms with E-state index < -0.39 is 0 Å². The number of rotatable bonds is 8. The van der Waals surface area contributed by atoms with E-state index in [-0.39, 0.29) is 18.4 Å². The molecule has 4 nitrogen and oxygen atoms in total. The van der Waals surface area contributed by atoms with Gasteiger partial charge in [-0.15, -0.1) is 0 Å². The maximum Gasteiger partial charge on any atom is 0.242 e. The lowest BCUT2D eigenvalue weighted by atomic mass is 10.1. The average molecular weight is 324 g/mol. The molecule has 0 aliphatic rings. The second kappa shape index (κ2) is 9.50. The van der Waals surface area contributed by atoms with Gasteiger partial charge < -0.3 is 10.2 Å². The van der Waals surface area contributed by atoms with Gasteiger partial charge in [0.15, 0.2) is 0 Å². The number of carbonyl (C=O) groups is 2. The summed E-state index contributed by atoms with van der Waals surface area (Å²) in [7, 11) is 0. The fraction of sp³-hybridized carbons (Fsp3) is 0.300. The second-order valence-corrected chi connectivity index (χ2v) is 5.66. The summed E-state index contributed by atoms with van der Waals surface area (Å²) in [5, 5.41) is 2.72. The number of nitrogens with one attached hydrogen (secondary N) is 1. The van der Waals surface area contributed by atoms with Crippen LogP contribution in [0.5, 0.6) is 0 Å². The van der Waals surface area contributed by atoms with Crippen LogP contribution in [0.2, 0.25) is 0 Å². The standard InChI is InChI=1S/C20H24N2O2/c1-2-22(16-18-11-7-4-8-12-18)20(24)15-21-19(23)14-13-17-9-5-3-6-10-17/h3-12H,2,13-16H2,1H3,(H,21,23). The molecule has 2 rings (SSSR count). The summed E-state index contributed by atoms with van der Waals surface area (Å²) in [6.45, 7) is 3.18. The number of likely N-dealkylation sites (N-methyl/N-ethyl adjacent to an activating group) is 1. The molecule has 0 atom stereocenters. The van der Waals surface area contributed by atoms with E-state index in [2.05, 4.69) is 5.32 Å². The van der Waals surface area contributed by atoms with Gasteiger partial charge in [-0.25, -0.2) is 0 Å². The van der Waals surface area contributed by atoms with E-state index in [0.29, 0.717) is 25.9 Å². The molecular formula is C20H24N2O2. The van der Waals surface area contributed by atoms with Crippen LogP contribution in [0.15, 0.2) is 60.7 Å². The first kappa shape index (κ1) is 17.7. The molecule has 0 radical (unpaired) electrons. The molecule has 0 saturated carbocycles. The summed E-state index contributed by atoms with van der Waals surface area (Å²) >= 11 is 0. The minimum absolute atomic E-state index is 0.0499. The van der Waals surface area contributed by atoms with Gasteiger partial charge in [0.1, 0.15) is 0 Å². The Labute approximate surface area is 143 Å². The SMILES string of the molecule is CCN(Cc1ccccc1)C(=O)CNC(=O)CCc1ccccc1. The number of hydrogen-bond donors (Lipinski definition) is 1. The van der Waals surface area contributed by atoms with Crippen LogP contribution in [-0.2, 0) is 22.6 Å². The maximum atomic E-state index is 12.3. The van der Waals surface area contributed by atoms with Crippen molar-refractivity contribution in [2.45, 2.75) is 26.3 Å². The van der Waals surface area contributed by atoms with E-state index in [1.54, 1.807) is 4.90 Å². The minimum atomic E-state index is -0.0945. The van der Waals surface area contributed by atoms with Crippen molar-refractivity contribution in [3.8, 4) is 0 Å². The van der Waals surface area contributed by atoms with Crippen molar-refractivity contribution >= 4 is 11.8 Å². The molecule has 1 N–H and O–H groups in total. The Balaban J connectivity index is 1.75. The van der Waals surface area contributed by atoms with Gasteiger partial charge in [0.25, 0.3) is 0 Å². The Kier molecular flexibility index (Phi) is 7.02. The van der Waals surface area contributed by atoms with Crippen molar-refractivity contribution in [2.24, 2.45) is 0 Å². The second-order valence-electron chi connectivity index (χ2n) is 5.66. The highest BCUT2D eigenvalue weighted by Gasteiger charge is 2.13. The number of benzene rings is 2.